The number of nitrogens with zero attached hydrogens (tertiary/aromatic N) is 1. The second kappa shape index (κ2) is 13.1. The first-order valence-electron chi connectivity index (χ1n) is 11.8. The maximum atomic E-state index is 13.2. The number of fused-ring (bicyclic) bond motifs is 1. The van der Waals surface area contributed by atoms with Gasteiger partial charge in [0.15, 0.2) is 24.8 Å². The smallest absolute Gasteiger partial charge is 0.344 e. The third-order valence-electron chi connectivity index (χ3n) is 5.70. The van der Waals surface area contributed by atoms with Crippen LogP contribution in [0, 0.1) is 17.2 Å². The molecule has 0 fully saturated rings. The van der Waals surface area contributed by atoms with E-state index in [9.17, 15) is 19.2 Å². The summed E-state index contributed by atoms with van der Waals surface area (Å²) in [5.74, 6) is -2.07. The number of esters is 2. The summed E-state index contributed by atoms with van der Waals surface area (Å²) in [5.41, 5.74) is 1.02. The average Bonchev–Trinajstić information content (AvgIpc) is 3.29. The van der Waals surface area contributed by atoms with Crippen LogP contribution in [0.4, 0.5) is 0 Å². The Balaban J connectivity index is 1.72. The van der Waals surface area contributed by atoms with Crippen LogP contribution in [0.2, 0.25) is 0 Å². The molecule has 0 amide bonds. The Kier molecular flexibility index (Phi) is 9.90. The number of nitrogens with one attached hydrogen (secondary N) is 1. The quantitative estimate of drug-likeness (QED) is 0.186. The Labute approximate surface area is 219 Å². The Morgan fingerprint density at radius 2 is 1.76 bits per heavy atom. The number of allylic oxidation sites excluding steroid dienone is 2. The number of carbonyl (C=O) groups excluding carboxylic acids is 4. The molecule has 0 bridgehead atoms. The number of Topliss-reactive ketones (excluding diaryl/α,β-unsaturated/α-hetero) is 2. The minimum absolute atomic E-state index is 0.0233. The van der Waals surface area contributed by atoms with Crippen LogP contribution in [0.3, 0.4) is 0 Å². The highest BCUT2D eigenvalue weighted by Gasteiger charge is 2.38. The molecule has 1 aliphatic heterocycles. The van der Waals surface area contributed by atoms with E-state index in [1.54, 1.807) is 37.3 Å². The minimum Gasteiger partial charge on any atom is -0.482 e. The van der Waals surface area contributed by atoms with Crippen molar-refractivity contribution in [3.8, 4) is 11.5 Å². The van der Waals surface area contributed by atoms with Crippen LogP contribution in [-0.4, -0.2) is 79.2 Å². The summed E-state index contributed by atoms with van der Waals surface area (Å²) in [5, 5.41) is 8.32. The predicted molar refractivity (Wildman–Crippen MR) is 137 cm³/mol. The molecule has 0 aromatic heterocycles. The Hall–Kier alpha value is -3.60. The molecule has 3 rings (SSSR count). The van der Waals surface area contributed by atoms with Gasteiger partial charge in [0, 0.05) is 18.8 Å². The van der Waals surface area contributed by atoms with Crippen LogP contribution in [0.5, 0.6) is 11.5 Å². The average molecular weight is 531 g/mol. The summed E-state index contributed by atoms with van der Waals surface area (Å²) in [6, 6.07) is 4.45. The zero-order chi connectivity index (χ0) is 26.9. The van der Waals surface area contributed by atoms with Crippen LogP contribution < -0.4 is 9.47 Å². The van der Waals surface area contributed by atoms with E-state index < -0.39 is 30.4 Å². The molecular formula is C26H30N2O8S. The molecule has 0 saturated carbocycles. The third-order valence-corrected chi connectivity index (χ3v) is 6.39. The number of ketones is 2. The third kappa shape index (κ3) is 7.22. The zero-order valence-corrected chi connectivity index (χ0v) is 21.8. The van der Waals surface area contributed by atoms with Gasteiger partial charge in [-0.1, -0.05) is 12.2 Å². The molecule has 2 aliphatic rings. The molecule has 1 N–H and O–H groups in total. The topological polar surface area (TPSA) is 132 Å². The monoisotopic (exact) mass is 530 g/mol. The summed E-state index contributed by atoms with van der Waals surface area (Å²) in [6.07, 6.45) is 7.12. The van der Waals surface area contributed by atoms with Crippen LogP contribution in [-0.2, 0) is 23.9 Å². The normalized spacial score (nSPS) is 18.1. The van der Waals surface area contributed by atoms with Gasteiger partial charge in [0.2, 0.25) is 0 Å². The van der Waals surface area contributed by atoms with E-state index in [2.05, 4.69) is 0 Å². The van der Waals surface area contributed by atoms with E-state index >= 15 is 0 Å². The highest BCUT2D eigenvalue weighted by Crippen LogP contribution is 2.33. The van der Waals surface area contributed by atoms with Crippen LogP contribution in [0.15, 0.2) is 42.1 Å². The lowest BCUT2D eigenvalue weighted by Crippen LogP contribution is -2.34. The van der Waals surface area contributed by atoms with E-state index in [1.807, 2.05) is 6.08 Å². The molecule has 1 aromatic carbocycles. The van der Waals surface area contributed by atoms with E-state index in [0.717, 1.165) is 5.57 Å². The largest absolute Gasteiger partial charge is 0.482 e. The number of hydrogen-bond donors (Lipinski definition) is 1. The van der Waals surface area contributed by atoms with E-state index in [1.165, 1.54) is 30.0 Å². The molecule has 2 atom stereocenters. The SMILES string of the molecule is CCOC(=O)COc1ccc(C(=O)CN2C=C3C=CC(C(=N)SC)C(=O)C3C2)c(OCC(=O)OCC)c1. The van der Waals surface area contributed by atoms with Crippen molar-refractivity contribution in [3.05, 3.63) is 47.7 Å². The fourth-order valence-electron chi connectivity index (χ4n) is 3.98. The van der Waals surface area contributed by atoms with Crippen molar-refractivity contribution >= 4 is 40.3 Å². The zero-order valence-electron chi connectivity index (χ0n) is 21.0. The van der Waals surface area contributed by atoms with E-state index in [4.69, 9.17) is 24.4 Å². The van der Waals surface area contributed by atoms with Gasteiger partial charge in [0.1, 0.15) is 11.5 Å². The number of thioether (sulfide) groups is 1. The molecule has 0 radical (unpaired) electrons. The second-order valence-corrected chi connectivity index (χ2v) is 9.04. The van der Waals surface area contributed by atoms with Gasteiger partial charge in [-0.05, 0) is 37.8 Å². The van der Waals surface area contributed by atoms with Crippen molar-refractivity contribution < 1.29 is 38.1 Å². The summed E-state index contributed by atoms with van der Waals surface area (Å²) in [7, 11) is 0. The second-order valence-electron chi connectivity index (χ2n) is 8.19. The first-order chi connectivity index (χ1) is 17.8. The summed E-state index contributed by atoms with van der Waals surface area (Å²) >= 11 is 1.24. The van der Waals surface area contributed by atoms with E-state index in [0.29, 0.717) is 11.6 Å². The standard InChI is InChI=1S/C26H30N2O8S/c1-4-33-23(30)14-35-17-7-9-18(22(10-17)36-15-24(31)34-5-2)21(29)13-28-11-16-6-8-19(26(27)37-3)25(32)20(16)12-28/h6-11,19-20,27H,4-5,12-15H2,1-3H3. The molecule has 37 heavy (non-hydrogen) atoms. The van der Waals surface area contributed by atoms with Crippen molar-refractivity contribution in [1.29, 1.82) is 5.41 Å². The number of hydrogen-bond acceptors (Lipinski definition) is 11. The Morgan fingerprint density at radius 3 is 2.41 bits per heavy atom. The molecule has 11 heteroatoms. The number of ether oxygens (including phenoxy) is 4. The molecule has 0 saturated heterocycles. The lowest BCUT2D eigenvalue weighted by molar-refractivity contribution is -0.146. The minimum atomic E-state index is -0.595. The van der Waals surface area contributed by atoms with Gasteiger partial charge in [-0.15, -0.1) is 11.8 Å². The molecule has 10 nitrogen and oxygen atoms in total. The Morgan fingerprint density at radius 1 is 1.08 bits per heavy atom. The number of benzene rings is 1. The first kappa shape index (κ1) is 28.0. The van der Waals surface area contributed by atoms with Gasteiger partial charge in [-0.25, -0.2) is 9.59 Å². The van der Waals surface area contributed by atoms with Gasteiger partial charge in [0.05, 0.1) is 42.2 Å². The number of carbonyl (C=O) groups is 4. The lowest BCUT2D eigenvalue weighted by Gasteiger charge is -2.23. The van der Waals surface area contributed by atoms with Crippen molar-refractivity contribution in [2.75, 3.05) is 45.8 Å². The summed E-state index contributed by atoms with van der Waals surface area (Å²) in [6.45, 7) is 3.35. The summed E-state index contributed by atoms with van der Waals surface area (Å²) < 4.78 is 20.8. The van der Waals surface area contributed by atoms with Gasteiger partial charge in [-0.2, -0.15) is 0 Å². The van der Waals surface area contributed by atoms with E-state index in [-0.39, 0.29) is 55.0 Å². The number of rotatable bonds is 12. The van der Waals surface area contributed by atoms with Crippen LogP contribution in [0.25, 0.3) is 0 Å². The van der Waals surface area contributed by atoms with Crippen molar-refractivity contribution in [2.45, 2.75) is 13.8 Å². The fourth-order valence-corrected chi connectivity index (χ4v) is 4.42. The van der Waals surface area contributed by atoms with Crippen molar-refractivity contribution in [2.24, 2.45) is 11.8 Å². The van der Waals surface area contributed by atoms with Gasteiger partial charge in [0.25, 0.3) is 0 Å². The molecule has 1 aliphatic carbocycles. The van der Waals surface area contributed by atoms with Crippen LogP contribution >= 0.6 is 11.8 Å². The van der Waals surface area contributed by atoms with Crippen molar-refractivity contribution in [3.63, 3.8) is 0 Å². The molecule has 198 valence electrons. The molecule has 0 spiro atoms. The van der Waals surface area contributed by atoms with Crippen molar-refractivity contribution in [1.82, 2.24) is 4.90 Å². The maximum Gasteiger partial charge on any atom is 0.344 e. The van der Waals surface area contributed by atoms with Gasteiger partial charge < -0.3 is 23.8 Å². The molecule has 1 aromatic rings. The molecule has 1 heterocycles. The maximum absolute atomic E-state index is 13.2. The summed E-state index contributed by atoms with van der Waals surface area (Å²) in [4.78, 5) is 51.3. The molecule has 2 unspecified atom stereocenters. The van der Waals surface area contributed by atoms with Gasteiger partial charge >= 0.3 is 11.9 Å². The first-order valence-corrected chi connectivity index (χ1v) is 13.0. The van der Waals surface area contributed by atoms with Gasteiger partial charge in [-0.3, -0.25) is 15.0 Å². The highest BCUT2D eigenvalue weighted by molar-refractivity contribution is 8.13. The Bertz CT molecular complexity index is 1130. The lowest BCUT2D eigenvalue weighted by atomic mass is 9.84. The van der Waals surface area contributed by atoms with Crippen LogP contribution in [0.1, 0.15) is 24.2 Å². The highest BCUT2D eigenvalue weighted by atomic mass is 32.2. The molecular weight excluding hydrogens is 500 g/mol. The predicted octanol–water partition coefficient (Wildman–Crippen LogP) is 2.66. The fraction of sp³-hybridized carbons (Fsp3) is 0.423.